The van der Waals surface area contributed by atoms with Gasteiger partial charge in [-0.3, -0.25) is 4.90 Å². The van der Waals surface area contributed by atoms with Crippen LogP contribution in [0.2, 0.25) is 0 Å². The van der Waals surface area contributed by atoms with Crippen LogP contribution in [-0.4, -0.2) is 30.8 Å². The zero-order valence-electron chi connectivity index (χ0n) is 8.46. The van der Waals surface area contributed by atoms with Crippen LogP contribution in [0.5, 0.6) is 0 Å². The smallest absolute Gasteiger partial charge is 0.127 e. The van der Waals surface area contributed by atoms with Crippen LogP contribution in [-0.2, 0) is 4.74 Å². The van der Waals surface area contributed by atoms with Crippen molar-refractivity contribution in [2.45, 2.75) is 37.8 Å². The molecule has 3 aliphatic rings. The topological polar surface area (TPSA) is 12.5 Å². The number of nitrogens with zero attached hydrogens (tertiary/aromatic N) is 1. The molecule has 0 amide bonds. The van der Waals surface area contributed by atoms with Crippen LogP contribution < -0.4 is 0 Å². The van der Waals surface area contributed by atoms with Crippen LogP contribution in [0, 0.1) is 11.8 Å². The molecule has 0 N–H and O–H groups in total. The van der Waals surface area contributed by atoms with Gasteiger partial charge in [-0.25, -0.2) is 0 Å². The van der Waals surface area contributed by atoms with Gasteiger partial charge in [-0.05, 0) is 25.7 Å². The van der Waals surface area contributed by atoms with Gasteiger partial charge in [-0.15, -0.1) is 0 Å². The van der Waals surface area contributed by atoms with Crippen molar-refractivity contribution in [2.24, 2.45) is 11.8 Å². The van der Waals surface area contributed by atoms with Gasteiger partial charge in [0.05, 0.1) is 0 Å². The average molecular weight is 181 g/mol. The molecule has 3 rings (SSSR count). The van der Waals surface area contributed by atoms with E-state index in [1.165, 1.54) is 45.2 Å². The molecule has 0 aromatic carbocycles. The third-order valence-corrected chi connectivity index (χ3v) is 4.40. The van der Waals surface area contributed by atoms with Crippen molar-refractivity contribution in [2.75, 3.05) is 20.2 Å². The molecule has 0 spiro atoms. The Morgan fingerprint density at radius 1 is 1.08 bits per heavy atom. The van der Waals surface area contributed by atoms with Crippen molar-refractivity contribution in [1.82, 2.24) is 4.90 Å². The first-order chi connectivity index (χ1) is 6.39. The summed E-state index contributed by atoms with van der Waals surface area (Å²) < 4.78 is 5.83. The molecule has 2 aliphatic carbocycles. The van der Waals surface area contributed by atoms with Crippen LogP contribution in [0.3, 0.4) is 0 Å². The average Bonchev–Trinajstić information content (AvgIpc) is 2.71. The zero-order chi connectivity index (χ0) is 8.89. The standard InChI is InChI=1S/C11H19NO/c1-13-11(12-7-2-3-8-12)9-5-4-6-10(9)11/h9-10H,2-8H2,1H3. The molecule has 2 heteroatoms. The maximum Gasteiger partial charge on any atom is 0.127 e. The predicted molar refractivity (Wildman–Crippen MR) is 51.4 cm³/mol. The van der Waals surface area contributed by atoms with Crippen molar-refractivity contribution < 1.29 is 4.74 Å². The van der Waals surface area contributed by atoms with Crippen molar-refractivity contribution in [3.63, 3.8) is 0 Å². The minimum absolute atomic E-state index is 0.217. The van der Waals surface area contributed by atoms with Crippen LogP contribution in [0.15, 0.2) is 0 Å². The second-order valence-corrected chi connectivity index (χ2v) is 4.79. The summed E-state index contributed by atoms with van der Waals surface area (Å²) >= 11 is 0. The summed E-state index contributed by atoms with van der Waals surface area (Å²) in [6, 6.07) is 0. The molecule has 0 aromatic rings. The van der Waals surface area contributed by atoms with E-state index in [2.05, 4.69) is 4.90 Å². The first-order valence-corrected chi connectivity index (χ1v) is 5.70. The lowest BCUT2D eigenvalue weighted by molar-refractivity contribution is -0.0732. The van der Waals surface area contributed by atoms with Gasteiger partial charge in [-0.2, -0.15) is 0 Å². The number of fused-ring (bicyclic) bond motifs is 1. The van der Waals surface area contributed by atoms with Crippen molar-refractivity contribution in [1.29, 1.82) is 0 Å². The highest BCUT2D eigenvalue weighted by molar-refractivity contribution is 5.15. The molecule has 2 atom stereocenters. The Bertz CT molecular complexity index is 200. The van der Waals surface area contributed by atoms with Gasteiger partial charge >= 0.3 is 0 Å². The van der Waals surface area contributed by atoms with E-state index < -0.39 is 0 Å². The number of hydrogen-bond acceptors (Lipinski definition) is 2. The van der Waals surface area contributed by atoms with Gasteiger partial charge in [0.25, 0.3) is 0 Å². The van der Waals surface area contributed by atoms with E-state index in [0.717, 1.165) is 11.8 Å². The zero-order valence-corrected chi connectivity index (χ0v) is 8.46. The number of ether oxygens (including phenoxy) is 1. The number of likely N-dealkylation sites (tertiary alicyclic amines) is 1. The molecule has 0 aromatic heterocycles. The third-order valence-electron chi connectivity index (χ3n) is 4.40. The van der Waals surface area contributed by atoms with Gasteiger partial charge < -0.3 is 4.74 Å². The van der Waals surface area contributed by atoms with Crippen molar-refractivity contribution in [3.8, 4) is 0 Å². The molecule has 13 heavy (non-hydrogen) atoms. The van der Waals surface area contributed by atoms with E-state index in [1.54, 1.807) is 0 Å². The molecule has 3 fully saturated rings. The largest absolute Gasteiger partial charge is 0.363 e. The summed E-state index contributed by atoms with van der Waals surface area (Å²) in [5, 5.41) is 0. The summed E-state index contributed by atoms with van der Waals surface area (Å²) in [4.78, 5) is 2.61. The Balaban J connectivity index is 1.79. The molecule has 74 valence electrons. The highest BCUT2D eigenvalue weighted by atomic mass is 16.5. The molecule has 0 radical (unpaired) electrons. The van der Waals surface area contributed by atoms with Crippen LogP contribution >= 0.6 is 0 Å². The van der Waals surface area contributed by atoms with Crippen LogP contribution in [0.25, 0.3) is 0 Å². The van der Waals surface area contributed by atoms with E-state index in [0.29, 0.717) is 0 Å². The molecule has 2 saturated carbocycles. The number of methoxy groups -OCH3 is 1. The number of hydrogen-bond donors (Lipinski definition) is 0. The molecular weight excluding hydrogens is 162 g/mol. The summed E-state index contributed by atoms with van der Waals surface area (Å²) in [7, 11) is 1.91. The van der Waals surface area contributed by atoms with Crippen molar-refractivity contribution in [3.05, 3.63) is 0 Å². The SMILES string of the molecule is COC1(N2CCCC2)C2CCCC21. The summed E-state index contributed by atoms with van der Waals surface area (Å²) in [5.41, 5.74) is 0.217. The fraction of sp³-hybridized carbons (Fsp3) is 1.00. The van der Waals surface area contributed by atoms with Gasteiger partial charge in [-0.1, -0.05) is 6.42 Å². The lowest BCUT2D eigenvalue weighted by Gasteiger charge is -2.30. The van der Waals surface area contributed by atoms with Gasteiger partial charge in [0.1, 0.15) is 5.72 Å². The van der Waals surface area contributed by atoms with Crippen LogP contribution in [0.4, 0.5) is 0 Å². The third kappa shape index (κ3) is 0.909. The Hall–Kier alpha value is -0.0800. The molecule has 1 saturated heterocycles. The molecule has 2 nitrogen and oxygen atoms in total. The quantitative estimate of drug-likeness (QED) is 0.644. The Kier molecular flexibility index (Phi) is 1.72. The predicted octanol–water partition coefficient (Wildman–Crippen LogP) is 1.85. The molecular formula is C11H19NO. The van der Waals surface area contributed by atoms with E-state index in [4.69, 9.17) is 4.74 Å². The van der Waals surface area contributed by atoms with Gasteiger partial charge in [0.2, 0.25) is 0 Å². The fourth-order valence-corrected chi connectivity index (χ4v) is 3.83. The molecule has 1 aliphatic heterocycles. The lowest BCUT2D eigenvalue weighted by atomic mass is 10.2. The Morgan fingerprint density at radius 3 is 2.23 bits per heavy atom. The highest BCUT2D eigenvalue weighted by Gasteiger charge is 2.69. The van der Waals surface area contributed by atoms with E-state index in [-0.39, 0.29) is 5.72 Å². The van der Waals surface area contributed by atoms with Gasteiger partial charge in [0, 0.05) is 32.0 Å². The Labute approximate surface area is 80.2 Å². The normalized spacial score (nSPS) is 49.6. The first kappa shape index (κ1) is 8.25. The van der Waals surface area contributed by atoms with Crippen molar-refractivity contribution >= 4 is 0 Å². The molecule has 0 bridgehead atoms. The Morgan fingerprint density at radius 2 is 1.69 bits per heavy atom. The monoisotopic (exact) mass is 181 g/mol. The van der Waals surface area contributed by atoms with E-state index in [1.807, 2.05) is 7.11 Å². The highest BCUT2D eigenvalue weighted by Crippen LogP contribution is 2.64. The lowest BCUT2D eigenvalue weighted by Crippen LogP contribution is -2.40. The summed E-state index contributed by atoms with van der Waals surface area (Å²) in [6.45, 7) is 2.56. The minimum atomic E-state index is 0.217. The molecule has 2 unspecified atom stereocenters. The second kappa shape index (κ2) is 2.71. The minimum Gasteiger partial charge on any atom is -0.363 e. The first-order valence-electron chi connectivity index (χ1n) is 5.70. The maximum atomic E-state index is 5.83. The summed E-state index contributed by atoms with van der Waals surface area (Å²) in [5.74, 6) is 1.77. The van der Waals surface area contributed by atoms with E-state index >= 15 is 0 Å². The number of rotatable bonds is 2. The van der Waals surface area contributed by atoms with Crippen LogP contribution in [0.1, 0.15) is 32.1 Å². The maximum absolute atomic E-state index is 5.83. The van der Waals surface area contributed by atoms with E-state index in [9.17, 15) is 0 Å². The fourth-order valence-electron chi connectivity index (χ4n) is 3.83. The second-order valence-electron chi connectivity index (χ2n) is 4.79. The summed E-state index contributed by atoms with van der Waals surface area (Å²) in [6.07, 6.45) is 7.02. The molecule has 1 heterocycles. The van der Waals surface area contributed by atoms with Gasteiger partial charge in [0.15, 0.2) is 0 Å².